The van der Waals surface area contributed by atoms with Crippen molar-refractivity contribution in [1.29, 1.82) is 0 Å². The first-order valence-corrected chi connectivity index (χ1v) is 8.69. The summed E-state index contributed by atoms with van der Waals surface area (Å²) in [5.74, 6) is 0.878. The number of Topliss-reactive ketones (excluding diaryl/α,β-unsaturated/α-hetero) is 1. The molecule has 0 saturated carbocycles. The van der Waals surface area contributed by atoms with Gasteiger partial charge in [0.1, 0.15) is 12.4 Å². The molecule has 3 heteroatoms. The second-order valence-electron chi connectivity index (χ2n) is 6.02. The second kappa shape index (κ2) is 8.97. The Balaban J connectivity index is 1.58. The fraction of sp³-hybridized carbons (Fsp3) is 0.174. The zero-order valence-corrected chi connectivity index (χ0v) is 14.9. The van der Waals surface area contributed by atoms with Crippen LogP contribution in [0.4, 0.5) is 0 Å². The molecule has 0 aromatic heterocycles. The molecular weight excluding hydrogens is 324 g/mol. The van der Waals surface area contributed by atoms with Crippen LogP contribution in [0.1, 0.15) is 22.8 Å². The van der Waals surface area contributed by atoms with Crippen molar-refractivity contribution in [3.05, 3.63) is 90.0 Å². The van der Waals surface area contributed by atoms with Crippen LogP contribution >= 0.6 is 0 Å². The second-order valence-corrected chi connectivity index (χ2v) is 6.02. The van der Waals surface area contributed by atoms with Crippen LogP contribution in [0.2, 0.25) is 0 Å². The predicted molar refractivity (Wildman–Crippen MR) is 103 cm³/mol. The van der Waals surface area contributed by atoms with Gasteiger partial charge < -0.3 is 9.47 Å². The van der Waals surface area contributed by atoms with E-state index in [0.717, 1.165) is 22.4 Å². The molecule has 3 rings (SSSR count). The average molecular weight is 346 g/mol. The molecule has 0 saturated heterocycles. The van der Waals surface area contributed by atoms with Crippen molar-refractivity contribution in [3.63, 3.8) is 0 Å². The van der Waals surface area contributed by atoms with Crippen molar-refractivity contribution in [1.82, 2.24) is 0 Å². The molecule has 0 heterocycles. The van der Waals surface area contributed by atoms with Crippen molar-refractivity contribution >= 4 is 5.78 Å². The quantitative estimate of drug-likeness (QED) is 0.418. The van der Waals surface area contributed by atoms with Crippen molar-refractivity contribution in [3.8, 4) is 16.9 Å². The molecule has 0 unspecified atom stereocenters. The number of ketones is 1. The topological polar surface area (TPSA) is 35.5 Å². The maximum atomic E-state index is 11.4. The fourth-order valence-electron chi connectivity index (χ4n) is 2.69. The van der Waals surface area contributed by atoms with Gasteiger partial charge in [0.15, 0.2) is 5.78 Å². The number of ether oxygens (including phenoxy) is 2. The maximum Gasteiger partial charge on any atom is 0.159 e. The highest BCUT2D eigenvalue weighted by Crippen LogP contribution is 2.30. The third-order valence-electron chi connectivity index (χ3n) is 4.09. The lowest BCUT2D eigenvalue weighted by atomic mass is 10.0. The summed E-state index contributed by atoms with van der Waals surface area (Å²) < 4.78 is 11.6. The highest BCUT2D eigenvalue weighted by atomic mass is 16.5. The summed E-state index contributed by atoms with van der Waals surface area (Å²) in [6, 6.07) is 25.6. The van der Waals surface area contributed by atoms with E-state index in [1.807, 2.05) is 78.9 Å². The minimum atomic E-state index is 0.0663. The number of carbonyl (C=O) groups is 1. The molecule has 132 valence electrons. The summed E-state index contributed by atoms with van der Waals surface area (Å²) in [7, 11) is 0. The fourth-order valence-corrected chi connectivity index (χ4v) is 2.69. The number of carbonyl (C=O) groups excluding carboxylic acids is 1. The van der Waals surface area contributed by atoms with Crippen LogP contribution in [0.5, 0.6) is 5.75 Å². The van der Waals surface area contributed by atoms with Crippen LogP contribution in [-0.2, 0) is 11.3 Å². The van der Waals surface area contributed by atoms with Gasteiger partial charge in [0.2, 0.25) is 0 Å². The summed E-state index contributed by atoms with van der Waals surface area (Å²) in [6.45, 7) is 3.15. The van der Waals surface area contributed by atoms with E-state index in [9.17, 15) is 4.79 Å². The van der Waals surface area contributed by atoms with Gasteiger partial charge in [-0.05, 0) is 24.1 Å². The zero-order valence-electron chi connectivity index (χ0n) is 14.9. The summed E-state index contributed by atoms with van der Waals surface area (Å²) in [5, 5.41) is 0. The SMILES string of the molecule is CC(=O)c1ccc(-c2ccccc2OCCOCc2ccccc2)cc1. The van der Waals surface area contributed by atoms with Gasteiger partial charge in [-0.2, -0.15) is 0 Å². The average Bonchev–Trinajstić information content (AvgIpc) is 2.69. The van der Waals surface area contributed by atoms with E-state index in [1.54, 1.807) is 6.92 Å². The molecule has 0 aliphatic rings. The molecule has 26 heavy (non-hydrogen) atoms. The summed E-state index contributed by atoms with van der Waals surface area (Å²) >= 11 is 0. The van der Waals surface area contributed by atoms with Gasteiger partial charge >= 0.3 is 0 Å². The monoisotopic (exact) mass is 346 g/mol. The first-order valence-electron chi connectivity index (χ1n) is 8.69. The number of hydrogen-bond acceptors (Lipinski definition) is 3. The molecule has 0 aliphatic heterocycles. The molecule has 3 nitrogen and oxygen atoms in total. The third-order valence-corrected chi connectivity index (χ3v) is 4.09. The molecule has 0 spiro atoms. The Morgan fingerprint density at radius 2 is 1.50 bits per heavy atom. The molecule has 3 aromatic rings. The maximum absolute atomic E-state index is 11.4. The van der Waals surface area contributed by atoms with Gasteiger partial charge in [-0.1, -0.05) is 72.8 Å². The molecular formula is C23H22O3. The van der Waals surface area contributed by atoms with Crippen molar-refractivity contribution in [2.75, 3.05) is 13.2 Å². The van der Waals surface area contributed by atoms with E-state index >= 15 is 0 Å². The van der Waals surface area contributed by atoms with Gasteiger partial charge in [0.05, 0.1) is 13.2 Å². The predicted octanol–water partition coefficient (Wildman–Crippen LogP) is 5.15. The number of para-hydroxylation sites is 1. The Morgan fingerprint density at radius 3 is 2.23 bits per heavy atom. The molecule has 3 aromatic carbocycles. The Bertz CT molecular complexity index is 839. The van der Waals surface area contributed by atoms with Gasteiger partial charge in [-0.15, -0.1) is 0 Å². The third kappa shape index (κ3) is 4.80. The van der Waals surface area contributed by atoms with E-state index in [-0.39, 0.29) is 5.78 Å². The Morgan fingerprint density at radius 1 is 0.808 bits per heavy atom. The minimum absolute atomic E-state index is 0.0663. The standard InChI is InChI=1S/C23H22O3/c1-18(24)20-11-13-21(14-12-20)22-9-5-6-10-23(22)26-16-15-25-17-19-7-3-2-4-8-19/h2-14H,15-17H2,1H3. The van der Waals surface area contributed by atoms with Gasteiger partial charge in [0, 0.05) is 11.1 Å². The largest absolute Gasteiger partial charge is 0.491 e. The van der Waals surface area contributed by atoms with E-state index < -0.39 is 0 Å². The molecule has 0 N–H and O–H groups in total. The molecule has 0 atom stereocenters. The van der Waals surface area contributed by atoms with E-state index in [1.165, 1.54) is 0 Å². The number of benzene rings is 3. The number of rotatable bonds is 8. The van der Waals surface area contributed by atoms with Crippen molar-refractivity contribution in [2.45, 2.75) is 13.5 Å². The molecule has 0 radical (unpaired) electrons. The van der Waals surface area contributed by atoms with E-state index in [2.05, 4.69) is 0 Å². The first kappa shape index (κ1) is 17.9. The van der Waals surface area contributed by atoms with Crippen molar-refractivity contribution < 1.29 is 14.3 Å². The Hall–Kier alpha value is -2.91. The van der Waals surface area contributed by atoms with E-state index in [0.29, 0.717) is 25.4 Å². The van der Waals surface area contributed by atoms with Gasteiger partial charge in [-0.3, -0.25) is 4.79 Å². The van der Waals surface area contributed by atoms with Crippen LogP contribution < -0.4 is 4.74 Å². The van der Waals surface area contributed by atoms with E-state index in [4.69, 9.17) is 9.47 Å². The zero-order chi connectivity index (χ0) is 18.2. The summed E-state index contributed by atoms with van der Waals surface area (Å²) in [4.78, 5) is 11.4. The lowest BCUT2D eigenvalue weighted by Crippen LogP contribution is -2.07. The lowest BCUT2D eigenvalue weighted by molar-refractivity contribution is 0.0891. The minimum Gasteiger partial charge on any atom is -0.491 e. The van der Waals surface area contributed by atoms with Crippen LogP contribution in [0.3, 0.4) is 0 Å². The summed E-state index contributed by atoms with van der Waals surface area (Å²) in [6.07, 6.45) is 0. The van der Waals surface area contributed by atoms with Crippen LogP contribution in [0.25, 0.3) is 11.1 Å². The van der Waals surface area contributed by atoms with Gasteiger partial charge in [-0.25, -0.2) is 0 Å². The molecule has 0 fully saturated rings. The number of hydrogen-bond donors (Lipinski definition) is 0. The molecule has 0 aliphatic carbocycles. The molecule has 0 amide bonds. The first-order chi connectivity index (χ1) is 12.7. The highest BCUT2D eigenvalue weighted by molar-refractivity contribution is 5.94. The van der Waals surface area contributed by atoms with Crippen LogP contribution in [-0.4, -0.2) is 19.0 Å². The molecule has 0 bridgehead atoms. The highest BCUT2D eigenvalue weighted by Gasteiger charge is 2.07. The smallest absolute Gasteiger partial charge is 0.159 e. The van der Waals surface area contributed by atoms with Crippen LogP contribution in [0.15, 0.2) is 78.9 Å². The van der Waals surface area contributed by atoms with Crippen molar-refractivity contribution in [2.24, 2.45) is 0 Å². The van der Waals surface area contributed by atoms with Gasteiger partial charge in [0.25, 0.3) is 0 Å². The Labute approximate surface area is 154 Å². The van der Waals surface area contributed by atoms with Crippen LogP contribution in [0, 0.1) is 0 Å². The normalized spacial score (nSPS) is 10.5. The Kier molecular flexibility index (Phi) is 6.18. The lowest BCUT2D eigenvalue weighted by Gasteiger charge is -2.12. The summed E-state index contributed by atoms with van der Waals surface area (Å²) in [5.41, 5.74) is 3.89.